The van der Waals surface area contributed by atoms with Crippen molar-refractivity contribution in [1.82, 2.24) is 20.0 Å². The first-order valence-corrected chi connectivity index (χ1v) is 10.5. The molecule has 0 spiro atoms. The van der Waals surface area contributed by atoms with Crippen molar-refractivity contribution in [2.75, 3.05) is 53.9 Å². The third-order valence-electron chi connectivity index (χ3n) is 5.59. The van der Waals surface area contributed by atoms with Crippen LogP contribution in [0.1, 0.15) is 37.3 Å². The molecule has 6 heteroatoms. The summed E-state index contributed by atoms with van der Waals surface area (Å²) >= 11 is 1.77. The van der Waals surface area contributed by atoms with Crippen LogP contribution in [-0.2, 0) is 0 Å². The van der Waals surface area contributed by atoms with Crippen LogP contribution in [0.25, 0.3) is 0 Å². The maximum absolute atomic E-state index is 4.56. The van der Waals surface area contributed by atoms with E-state index in [4.69, 9.17) is 0 Å². The van der Waals surface area contributed by atoms with Crippen molar-refractivity contribution in [2.45, 2.75) is 37.8 Å². The van der Waals surface area contributed by atoms with Crippen LogP contribution >= 0.6 is 11.3 Å². The predicted molar refractivity (Wildman–Crippen MR) is 108 cm³/mol. The first-order chi connectivity index (χ1) is 12.2. The van der Waals surface area contributed by atoms with Gasteiger partial charge in [0.15, 0.2) is 5.96 Å². The van der Waals surface area contributed by atoms with E-state index in [1.54, 1.807) is 11.3 Å². The lowest BCUT2D eigenvalue weighted by Gasteiger charge is -2.32. The van der Waals surface area contributed by atoms with Gasteiger partial charge in [0.05, 0.1) is 6.04 Å². The summed E-state index contributed by atoms with van der Waals surface area (Å²) in [6.45, 7) is 5.69. The van der Waals surface area contributed by atoms with Gasteiger partial charge in [0.25, 0.3) is 0 Å². The lowest BCUT2D eigenvalue weighted by molar-refractivity contribution is 0.168. The molecule has 2 aliphatic rings. The van der Waals surface area contributed by atoms with Crippen LogP contribution in [0.4, 0.5) is 0 Å². The molecule has 2 atom stereocenters. The summed E-state index contributed by atoms with van der Waals surface area (Å²) in [4.78, 5) is 12.0. The molecule has 1 N–H and O–H groups in total. The van der Waals surface area contributed by atoms with Crippen LogP contribution in [0.2, 0.25) is 0 Å². The lowest BCUT2D eigenvalue weighted by atomic mass is 10.1. The van der Waals surface area contributed by atoms with Crippen molar-refractivity contribution in [3.63, 3.8) is 0 Å². The monoisotopic (exact) mass is 363 g/mol. The predicted octanol–water partition coefficient (Wildman–Crippen LogP) is 2.49. The number of hydrogen-bond donors (Lipinski definition) is 1. The topological polar surface area (TPSA) is 34.1 Å². The van der Waals surface area contributed by atoms with Gasteiger partial charge in [-0.3, -0.25) is 9.89 Å². The first-order valence-electron chi connectivity index (χ1n) is 9.57. The van der Waals surface area contributed by atoms with Crippen molar-refractivity contribution in [1.29, 1.82) is 0 Å². The molecule has 0 aromatic carbocycles. The number of guanidine groups is 1. The van der Waals surface area contributed by atoms with Crippen molar-refractivity contribution in [3.8, 4) is 0 Å². The van der Waals surface area contributed by atoms with Crippen LogP contribution in [0, 0.1) is 0 Å². The third kappa shape index (κ3) is 4.74. The quantitative estimate of drug-likeness (QED) is 0.644. The molecule has 5 nitrogen and oxygen atoms in total. The SMILES string of the molecule is CN=C(NCC(c1ccsc1)N(C)C)N1CCC(N2CCCCC2)C1. The average Bonchev–Trinajstić information content (AvgIpc) is 3.31. The number of hydrogen-bond acceptors (Lipinski definition) is 4. The second kappa shape index (κ2) is 9.01. The normalized spacial score (nSPS) is 24.1. The standard InChI is InChI=1S/C19H33N5S/c1-20-19(21-13-18(22(2)3)16-8-12-25-15-16)24-11-7-17(14-24)23-9-5-4-6-10-23/h8,12,15,17-18H,4-7,9-11,13-14H2,1-3H3,(H,20,21). The maximum atomic E-state index is 4.56. The van der Waals surface area contributed by atoms with Crippen molar-refractivity contribution >= 4 is 17.3 Å². The molecule has 2 saturated heterocycles. The van der Waals surface area contributed by atoms with Crippen LogP contribution in [0.15, 0.2) is 21.8 Å². The Labute approximate surface area is 156 Å². The first kappa shape index (κ1) is 18.7. The highest BCUT2D eigenvalue weighted by atomic mass is 32.1. The Morgan fingerprint density at radius 1 is 1.32 bits per heavy atom. The Morgan fingerprint density at radius 2 is 2.12 bits per heavy atom. The van der Waals surface area contributed by atoms with E-state index in [1.165, 1.54) is 44.3 Å². The van der Waals surface area contributed by atoms with E-state index in [0.717, 1.165) is 25.6 Å². The lowest BCUT2D eigenvalue weighted by Crippen LogP contribution is -2.46. The number of likely N-dealkylation sites (N-methyl/N-ethyl adjacent to an activating group) is 1. The van der Waals surface area contributed by atoms with E-state index in [0.29, 0.717) is 12.1 Å². The highest BCUT2D eigenvalue weighted by molar-refractivity contribution is 7.07. The van der Waals surface area contributed by atoms with Crippen molar-refractivity contribution in [2.24, 2.45) is 4.99 Å². The Bertz CT molecular complexity index is 536. The van der Waals surface area contributed by atoms with E-state index >= 15 is 0 Å². The Kier molecular flexibility index (Phi) is 6.73. The van der Waals surface area contributed by atoms with E-state index in [-0.39, 0.29) is 0 Å². The van der Waals surface area contributed by atoms with Gasteiger partial charge in [0.2, 0.25) is 0 Å². The summed E-state index contributed by atoms with van der Waals surface area (Å²) in [6, 6.07) is 3.31. The zero-order chi connectivity index (χ0) is 17.6. The number of piperidine rings is 1. The minimum Gasteiger partial charge on any atom is -0.354 e. The molecule has 140 valence electrons. The molecule has 0 bridgehead atoms. The summed E-state index contributed by atoms with van der Waals surface area (Å²) in [7, 11) is 6.20. The zero-order valence-corrected chi connectivity index (χ0v) is 16.8. The fourth-order valence-corrected chi connectivity index (χ4v) is 4.81. The van der Waals surface area contributed by atoms with E-state index < -0.39 is 0 Å². The minimum atomic E-state index is 0.378. The highest BCUT2D eigenvalue weighted by Gasteiger charge is 2.30. The van der Waals surface area contributed by atoms with Gasteiger partial charge in [0, 0.05) is 32.7 Å². The molecule has 2 aliphatic heterocycles. The van der Waals surface area contributed by atoms with Gasteiger partial charge in [0.1, 0.15) is 0 Å². The van der Waals surface area contributed by atoms with Gasteiger partial charge in [-0.1, -0.05) is 6.42 Å². The summed E-state index contributed by atoms with van der Waals surface area (Å²) in [5, 5.41) is 8.03. The summed E-state index contributed by atoms with van der Waals surface area (Å²) in [5.74, 6) is 1.06. The molecular weight excluding hydrogens is 330 g/mol. The van der Waals surface area contributed by atoms with Crippen molar-refractivity contribution in [3.05, 3.63) is 22.4 Å². The van der Waals surface area contributed by atoms with Gasteiger partial charge in [-0.05, 0) is 68.8 Å². The second-order valence-corrected chi connectivity index (χ2v) is 8.23. The third-order valence-corrected chi connectivity index (χ3v) is 6.29. The largest absolute Gasteiger partial charge is 0.354 e. The van der Waals surface area contributed by atoms with E-state index in [2.05, 4.69) is 55.9 Å². The second-order valence-electron chi connectivity index (χ2n) is 7.45. The van der Waals surface area contributed by atoms with E-state index in [1.807, 2.05) is 7.05 Å². The smallest absolute Gasteiger partial charge is 0.193 e. The molecule has 0 saturated carbocycles. The number of thiophene rings is 1. The number of nitrogens with one attached hydrogen (secondary N) is 1. The van der Waals surface area contributed by atoms with Crippen LogP contribution < -0.4 is 5.32 Å². The molecule has 3 rings (SSSR count). The summed E-state index contributed by atoms with van der Waals surface area (Å²) in [5.41, 5.74) is 1.38. The van der Waals surface area contributed by atoms with Crippen molar-refractivity contribution < 1.29 is 0 Å². The van der Waals surface area contributed by atoms with Crippen LogP contribution in [0.5, 0.6) is 0 Å². The molecule has 2 fully saturated rings. The summed E-state index contributed by atoms with van der Waals surface area (Å²) < 4.78 is 0. The number of aliphatic imine (C=N–C) groups is 1. The zero-order valence-electron chi connectivity index (χ0n) is 15.9. The van der Waals surface area contributed by atoms with Gasteiger partial charge >= 0.3 is 0 Å². The average molecular weight is 364 g/mol. The molecule has 25 heavy (non-hydrogen) atoms. The minimum absolute atomic E-state index is 0.378. The Hall–Kier alpha value is -1.11. The molecular formula is C19H33N5S. The molecule has 0 amide bonds. The van der Waals surface area contributed by atoms with Crippen LogP contribution in [0.3, 0.4) is 0 Å². The molecule has 0 radical (unpaired) electrons. The van der Waals surface area contributed by atoms with Gasteiger partial charge in [-0.15, -0.1) is 0 Å². The summed E-state index contributed by atoms with van der Waals surface area (Å²) in [6.07, 6.45) is 5.41. The van der Waals surface area contributed by atoms with Crippen LogP contribution in [-0.4, -0.2) is 80.6 Å². The Morgan fingerprint density at radius 3 is 2.76 bits per heavy atom. The van der Waals surface area contributed by atoms with Gasteiger partial charge < -0.3 is 15.1 Å². The molecule has 1 aromatic rings. The maximum Gasteiger partial charge on any atom is 0.193 e. The number of likely N-dealkylation sites (tertiary alicyclic amines) is 2. The number of nitrogens with zero attached hydrogens (tertiary/aromatic N) is 4. The molecule has 3 heterocycles. The Balaban J connectivity index is 1.54. The fraction of sp³-hybridized carbons (Fsp3) is 0.737. The molecule has 1 aromatic heterocycles. The van der Waals surface area contributed by atoms with E-state index in [9.17, 15) is 0 Å². The van der Waals surface area contributed by atoms with Gasteiger partial charge in [-0.2, -0.15) is 11.3 Å². The number of rotatable bonds is 5. The molecule has 2 unspecified atom stereocenters. The highest BCUT2D eigenvalue weighted by Crippen LogP contribution is 2.22. The van der Waals surface area contributed by atoms with Gasteiger partial charge in [-0.25, -0.2) is 0 Å². The fourth-order valence-electron chi connectivity index (χ4n) is 4.10. The molecule has 0 aliphatic carbocycles.